The second-order valence-electron chi connectivity index (χ2n) is 10.4. The summed E-state index contributed by atoms with van der Waals surface area (Å²) in [4.78, 5) is 44.1. The number of rotatable bonds is 9. The summed E-state index contributed by atoms with van der Waals surface area (Å²) in [5.41, 5.74) is -2.36. The molecule has 0 radical (unpaired) electrons. The molecule has 3 aliphatic heterocycles. The molecule has 8 nitrogen and oxygen atoms in total. The Hall–Kier alpha value is -1.93. The van der Waals surface area contributed by atoms with E-state index in [4.69, 9.17) is 9.47 Å². The van der Waals surface area contributed by atoms with Crippen LogP contribution in [-0.2, 0) is 23.9 Å². The van der Waals surface area contributed by atoms with Crippen molar-refractivity contribution in [3.05, 3.63) is 12.7 Å². The zero-order chi connectivity index (χ0) is 23.9. The average Bonchev–Trinajstić information content (AvgIpc) is 3.26. The number of esters is 1. The molecule has 2 unspecified atom stereocenters. The van der Waals surface area contributed by atoms with Gasteiger partial charge in [-0.05, 0) is 60.3 Å². The number of ether oxygens (including phenoxy) is 2. The Bertz CT molecular complexity index is 777. The number of hydrogen-bond donors (Lipinski definition) is 1. The van der Waals surface area contributed by atoms with Crippen molar-refractivity contribution in [1.82, 2.24) is 9.80 Å². The number of likely N-dealkylation sites (tertiary alicyclic amines) is 1. The van der Waals surface area contributed by atoms with Gasteiger partial charge in [-0.15, -0.1) is 6.58 Å². The van der Waals surface area contributed by atoms with Crippen LogP contribution < -0.4 is 0 Å². The molecule has 0 aliphatic carbocycles. The Morgan fingerprint density at radius 1 is 1.34 bits per heavy atom. The van der Waals surface area contributed by atoms with Crippen LogP contribution in [0.5, 0.6) is 0 Å². The van der Waals surface area contributed by atoms with Gasteiger partial charge in [0, 0.05) is 25.2 Å². The molecule has 3 saturated heterocycles. The van der Waals surface area contributed by atoms with Crippen LogP contribution in [0, 0.1) is 11.8 Å². The number of unbranched alkanes of at least 4 members (excludes halogenated alkanes) is 1. The predicted octanol–water partition coefficient (Wildman–Crippen LogP) is 1.90. The number of carbonyl (C=O) groups is 3. The van der Waals surface area contributed by atoms with Crippen molar-refractivity contribution >= 4 is 17.8 Å². The number of nitrogens with zero attached hydrogens (tertiary/aromatic N) is 2. The molecule has 0 saturated carbocycles. The molecule has 1 N–H and O–H groups in total. The lowest BCUT2D eigenvalue weighted by Gasteiger charge is -2.42. The van der Waals surface area contributed by atoms with Gasteiger partial charge in [-0.2, -0.15) is 0 Å². The van der Waals surface area contributed by atoms with Crippen LogP contribution in [-0.4, -0.2) is 81.8 Å². The minimum absolute atomic E-state index is 0.0137. The van der Waals surface area contributed by atoms with Crippen LogP contribution in [0.3, 0.4) is 0 Å². The number of aliphatic hydroxyl groups excluding tert-OH is 1. The number of aliphatic hydroxyl groups is 1. The van der Waals surface area contributed by atoms with Crippen molar-refractivity contribution < 1.29 is 29.0 Å². The first kappa shape index (κ1) is 24.7. The van der Waals surface area contributed by atoms with Crippen molar-refractivity contribution in [2.45, 2.75) is 83.1 Å². The molecule has 2 amide bonds. The maximum atomic E-state index is 14.0. The molecule has 0 aromatic carbocycles. The third-order valence-corrected chi connectivity index (χ3v) is 7.25. The zero-order valence-electron chi connectivity index (χ0n) is 20.1. The Balaban J connectivity index is 2.07. The molecule has 5 atom stereocenters. The highest BCUT2D eigenvalue weighted by atomic mass is 16.6. The molecule has 8 heteroatoms. The summed E-state index contributed by atoms with van der Waals surface area (Å²) in [7, 11) is 0. The number of hydrogen-bond acceptors (Lipinski definition) is 6. The van der Waals surface area contributed by atoms with Crippen LogP contribution >= 0.6 is 0 Å². The van der Waals surface area contributed by atoms with Crippen molar-refractivity contribution in [3.8, 4) is 0 Å². The third-order valence-electron chi connectivity index (χ3n) is 7.25. The molecule has 3 heterocycles. The SMILES string of the molecule is C=CCN(C(=O)C1N(CCCCO)C(=O)[C@@H]2[C@@H](C(=O)OCC)[C@@]3(C)CCC12O3)C(C)(C)C. The number of amides is 2. The second-order valence-corrected chi connectivity index (χ2v) is 10.4. The van der Waals surface area contributed by atoms with E-state index in [2.05, 4.69) is 6.58 Å². The standard InChI is InChI=1S/C24H38N2O6/c1-7-13-26(22(3,4)5)20(29)18-24-12-11-23(6,32-24)17(21(30)31-8-2)16(24)19(28)25(18)14-9-10-15-27/h7,16-18,27H,1,8-15H2,2-6H3/t16-,17-,18?,23+,24?/m0/s1. The van der Waals surface area contributed by atoms with Gasteiger partial charge in [-0.1, -0.05) is 6.08 Å². The van der Waals surface area contributed by atoms with Gasteiger partial charge >= 0.3 is 5.97 Å². The van der Waals surface area contributed by atoms with Crippen molar-refractivity contribution in [2.75, 3.05) is 26.3 Å². The maximum absolute atomic E-state index is 14.0. The van der Waals surface area contributed by atoms with Crippen LogP contribution in [0.2, 0.25) is 0 Å². The van der Waals surface area contributed by atoms with Gasteiger partial charge in [0.2, 0.25) is 11.8 Å². The quantitative estimate of drug-likeness (QED) is 0.327. The van der Waals surface area contributed by atoms with Gasteiger partial charge in [0.25, 0.3) is 0 Å². The molecule has 0 aromatic rings. The lowest BCUT2D eigenvalue weighted by Crippen LogP contribution is -2.60. The van der Waals surface area contributed by atoms with Gasteiger partial charge < -0.3 is 24.4 Å². The van der Waals surface area contributed by atoms with Gasteiger partial charge in [0.05, 0.1) is 18.1 Å². The van der Waals surface area contributed by atoms with E-state index in [1.807, 2.05) is 27.7 Å². The van der Waals surface area contributed by atoms with E-state index in [0.717, 1.165) is 0 Å². The Morgan fingerprint density at radius 2 is 2.03 bits per heavy atom. The molecule has 1 spiro atoms. The average molecular weight is 451 g/mol. The smallest absolute Gasteiger partial charge is 0.312 e. The highest BCUT2D eigenvalue weighted by Gasteiger charge is 2.78. The second kappa shape index (κ2) is 8.78. The summed E-state index contributed by atoms with van der Waals surface area (Å²) < 4.78 is 11.9. The summed E-state index contributed by atoms with van der Waals surface area (Å²) in [5.74, 6) is -2.32. The lowest BCUT2D eigenvalue weighted by molar-refractivity contribution is -0.160. The van der Waals surface area contributed by atoms with Gasteiger partial charge in [0.1, 0.15) is 17.6 Å². The van der Waals surface area contributed by atoms with Gasteiger partial charge in [-0.3, -0.25) is 14.4 Å². The number of fused-ring (bicyclic) bond motifs is 1. The Kier molecular flexibility index (Phi) is 6.78. The van der Waals surface area contributed by atoms with E-state index in [1.54, 1.807) is 22.8 Å². The molecule has 3 fully saturated rings. The minimum atomic E-state index is -1.05. The first-order chi connectivity index (χ1) is 15.0. The molecule has 3 aliphatic rings. The zero-order valence-corrected chi connectivity index (χ0v) is 20.1. The Morgan fingerprint density at radius 3 is 2.59 bits per heavy atom. The topological polar surface area (TPSA) is 96.4 Å². The van der Waals surface area contributed by atoms with Crippen molar-refractivity contribution in [1.29, 1.82) is 0 Å². The fourth-order valence-electron chi connectivity index (χ4n) is 5.90. The summed E-state index contributed by atoms with van der Waals surface area (Å²) in [5, 5.41) is 9.24. The first-order valence-electron chi connectivity index (χ1n) is 11.7. The molecular formula is C24H38N2O6. The summed E-state index contributed by atoms with van der Waals surface area (Å²) in [6.45, 7) is 14.2. The third kappa shape index (κ3) is 3.75. The lowest BCUT2D eigenvalue weighted by atomic mass is 9.66. The van der Waals surface area contributed by atoms with Crippen molar-refractivity contribution in [2.24, 2.45) is 11.8 Å². The van der Waals surface area contributed by atoms with E-state index in [9.17, 15) is 19.5 Å². The van der Waals surface area contributed by atoms with Crippen LogP contribution in [0.1, 0.15) is 60.3 Å². The number of carbonyl (C=O) groups excluding carboxylic acids is 3. The van der Waals surface area contributed by atoms with Crippen LogP contribution in [0.15, 0.2) is 12.7 Å². The van der Waals surface area contributed by atoms with Crippen molar-refractivity contribution in [3.63, 3.8) is 0 Å². The summed E-state index contributed by atoms with van der Waals surface area (Å²) in [6.07, 6.45) is 3.90. The molecule has 32 heavy (non-hydrogen) atoms. The van der Waals surface area contributed by atoms with Gasteiger partial charge in [-0.25, -0.2) is 0 Å². The fraction of sp³-hybridized carbons (Fsp3) is 0.792. The highest BCUT2D eigenvalue weighted by Crippen LogP contribution is 2.63. The minimum Gasteiger partial charge on any atom is -0.466 e. The Labute approximate surface area is 190 Å². The van der Waals surface area contributed by atoms with E-state index in [1.165, 1.54) is 0 Å². The molecule has 180 valence electrons. The maximum Gasteiger partial charge on any atom is 0.312 e. The molecule has 3 rings (SSSR count). The van der Waals surface area contributed by atoms with Crippen LogP contribution in [0.4, 0.5) is 0 Å². The largest absolute Gasteiger partial charge is 0.466 e. The monoisotopic (exact) mass is 450 g/mol. The summed E-state index contributed by atoms with van der Waals surface area (Å²) in [6, 6.07) is -0.820. The predicted molar refractivity (Wildman–Crippen MR) is 119 cm³/mol. The van der Waals surface area contributed by atoms with Crippen LogP contribution in [0.25, 0.3) is 0 Å². The highest BCUT2D eigenvalue weighted by molar-refractivity contribution is 5.98. The normalized spacial score (nSPS) is 33.4. The fourth-order valence-corrected chi connectivity index (χ4v) is 5.90. The first-order valence-corrected chi connectivity index (χ1v) is 11.7. The van der Waals surface area contributed by atoms with E-state index < -0.39 is 40.6 Å². The van der Waals surface area contributed by atoms with E-state index >= 15 is 0 Å². The van der Waals surface area contributed by atoms with Gasteiger partial charge in [0.15, 0.2) is 0 Å². The molecule has 2 bridgehead atoms. The van der Waals surface area contributed by atoms with E-state index in [-0.39, 0.29) is 25.0 Å². The molecule has 0 aromatic heterocycles. The molecular weight excluding hydrogens is 412 g/mol. The summed E-state index contributed by atoms with van der Waals surface area (Å²) >= 11 is 0. The van der Waals surface area contributed by atoms with E-state index in [0.29, 0.717) is 38.8 Å².